The van der Waals surface area contributed by atoms with Gasteiger partial charge in [-0.3, -0.25) is 4.79 Å². The zero-order chi connectivity index (χ0) is 16.7. The van der Waals surface area contributed by atoms with E-state index in [0.29, 0.717) is 11.3 Å². The Bertz CT molecular complexity index is 681. The smallest absolute Gasteiger partial charge is 0.316 e. The third kappa shape index (κ3) is 5.14. The standard InChI is InChI=1S/C18H21N3O2/c1-2-3-5-13-8-10-15(11-9-13)20-17(22)14-6-4-7-16(12-14)21-18(19)23/h4,6-12H,2-3,5H2,1H3,(H,20,22)(H3,19,21,23). The average Bonchev–Trinajstić information content (AvgIpc) is 2.54. The number of primary amides is 1. The maximum atomic E-state index is 12.3. The highest BCUT2D eigenvalue weighted by Gasteiger charge is 2.07. The molecule has 5 nitrogen and oxygen atoms in total. The molecule has 0 fully saturated rings. The van der Waals surface area contributed by atoms with Crippen LogP contribution in [0.4, 0.5) is 16.2 Å². The molecular formula is C18H21N3O2. The topological polar surface area (TPSA) is 84.2 Å². The van der Waals surface area contributed by atoms with Crippen LogP contribution in [0.1, 0.15) is 35.7 Å². The second kappa shape index (κ2) is 7.98. The number of urea groups is 1. The third-order valence-corrected chi connectivity index (χ3v) is 3.42. The number of unbranched alkanes of at least 4 members (excludes halogenated alkanes) is 1. The molecule has 5 heteroatoms. The first-order valence-corrected chi connectivity index (χ1v) is 7.65. The van der Waals surface area contributed by atoms with E-state index in [0.717, 1.165) is 24.9 Å². The molecule has 4 N–H and O–H groups in total. The SMILES string of the molecule is CCCCc1ccc(NC(=O)c2cccc(NC(N)=O)c2)cc1. The lowest BCUT2D eigenvalue weighted by Crippen LogP contribution is -2.19. The fourth-order valence-electron chi connectivity index (χ4n) is 2.22. The number of carbonyl (C=O) groups excluding carboxylic acids is 2. The Balaban J connectivity index is 2.02. The van der Waals surface area contributed by atoms with Crippen molar-refractivity contribution < 1.29 is 9.59 Å². The molecule has 0 aromatic heterocycles. The maximum absolute atomic E-state index is 12.3. The lowest BCUT2D eigenvalue weighted by molar-refractivity contribution is 0.102. The van der Waals surface area contributed by atoms with Gasteiger partial charge in [-0.2, -0.15) is 0 Å². The molecule has 0 heterocycles. The molecule has 120 valence electrons. The Morgan fingerprint density at radius 1 is 1.00 bits per heavy atom. The first-order chi connectivity index (χ1) is 11.1. The molecule has 2 rings (SSSR count). The van der Waals surface area contributed by atoms with E-state index >= 15 is 0 Å². The van der Waals surface area contributed by atoms with Crippen LogP contribution in [0.5, 0.6) is 0 Å². The number of hydrogen-bond donors (Lipinski definition) is 3. The maximum Gasteiger partial charge on any atom is 0.316 e. The quantitative estimate of drug-likeness (QED) is 0.758. The van der Waals surface area contributed by atoms with Gasteiger partial charge in [-0.25, -0.2) is 4.79 Å². The number of benzene rings is 2. The zero-order valence-electron chi connectivity index (χ0n) is 13.1. The van der Waals surface area contributed by atoms with Crippen LogP contribution in [0.3, 0.4) is 0 Å². The number of anilines is 2. The molecule has 0 bridgehead atoms. The van der Waals surface area contributed by atoms with Gasteiger partial charge in [0.1, 0.15) is 0 Å². The predicted octanol–water partition coefficient (Wildman–Crippen LogP) is 3.77. The van der Waals surface area contributed by atoms with Crippen LogP contribution in [0.25, 0.3) is 0 Å². The van der Waals surface area contributed by atoms with Gasteiger partial charge in [0.2, 0.25) is 0 Å². The summed E-state index contributed by atoms with van der Waals surface area (Å²) in [5.41, 5.74) is 8.01. The van der Waals surface area contributed by atoms with Crippen LogP contribution in [0.2, 0.25) is 0 Å². The van der Waals surface area contributed by atoms with Crippen molar-refractivity contribution in [3.05, 3.63) is 59.7 Å². The predicted molar refractivity (Wildman–Crippen MR) is 92.7 cm³/mol. The fraction of sp³-hybridized carbons (Fsp3) is 0.222. The minimum Gasteiger partial charge on any atom is -0.351 e. The Labute approximate surface area is 135 Å². The van der Waals surface area contributed by atoms with E-state index in [1.807, 2.05) is 24.3 Å². The molecule has 0 aliphatic carbocycles. The van der Waals surface area contributed by atoms with E-state index in [1.54, 1.807) is 24.3 Å². The van der Waals surface area contributed by atoms with Crippen molar-refractivity contribution in [3.63, 3.8) is 0 Å². The highest BCUT2D eigenvalue weighted by molar-refractivity contribution is 6.05. The first-order valence-electron chi connectivity index (χ1n) is 7.65. The van der Waals surface area contributed by atoms with Gasteiger partial charge in [0.05, 0.1) is 0 Å². The summed E-state index contributed by atoms with van der Waals surface area (Å²) in [5, 5.41) is 5.29. The number of nitrogens with two attached hydrogens (primary N) is 1. The van der Waals surface area contributed by atoms with Crippen LogP contribution >= 0.6 is 0 Å². The lowest BCUT2D eigenvalue weighted by atomic mass is 10.1. The molecule has 0 radical (unpaired) electrons. The second-order valence-electron chi connectivity index (χ2n) is 5.32. The largest absolute Gasteiger partial charge is 0.351 e. The molecule has 0 aliphatic heterocycles. The van der Waals surface area contributed by atoms with Gasteiger partial charge in [0, 0.05) is 16.9 Å². The normalized spacial score (nSPS) is 10.1. The monoisotopic (exact) mass is 311 g/mol. The van der Waals surface area contributed by atoms with Gasteiger partial charge in [0.25, 0.3) is 5.91 Å². The average molecular weight is 311 g/mol. The summed E-state index contributed by atoms with van der Waals surface area (Å²) >= 11 is 0. The van der Waals surface area contributed by atoms with Crippen LogP contribution in [0, 0.1) is 0 Å². The van der Waals surface area contributed by atoms with E-state index in [2.05, 4.69) is 17.6 Å². The van der Waals surface area contributed by atoms with Crippen LogP contribution < -0.4 is 16.4 Å². The van der Waals surface area contributed by atoms with Gasteiger partial charge in [-0.05, 0) is 48.7 Å². The van der Waals surface area contributed by atoms with Crippen LogP contribution in [-0.4, -0.2) is 11.9 Å². The first kappa shape index (κ1) is 16.5. The van der Waals surface area contributed by atoms with E-state index < -0.39 is 6.03 Å². The van der Waals surface area contributed by atoms with Crippen molar-refractivity contribution in [2.45, 2.75) is 26.2 Å². The van der Waals surface area contributed by atoms with Crippen molar-refractivity contribution in [2.24, 2.45) is 5.73 Å². The van der Waals surface area contributed by atoms with E-state index in [1.165, 1.54) is 5.56 Å². The lowest BCUT2D eigenvalue weighted by Gasteiger charge is -2.08. The number of carbonyl (C=O) groups is 2. The number of rotatable bonds is 6. The number of hydrogen-bond acceptors (Lipinski definition) is 2. The molecule has 0 saturated carbocycles. The minimum absolute atomic E-state index is 0.237. The fourth-order valence-corrected chi connectivity index (χ4v) is 2.22. The number of nitrogens with one attached hydrogen (secondary N) is 2. The minimum atomic E-state index is -0.662. The van der Waals surface area contributed by atoms with Crippen molar-refractivity contribution in [1.29, 1.82) is 0 Å². The molecule has 0 spiro atoms. The van der Waals surface area contributed by atoms with Crippen molar-refractivity contribution >= 4 is 23.3 Å². The van der Waals surface area contributed by atoms with Gasteiger partial charge in [-0.1, -0.05) is 31.5 Å². The van der Waals surface area contributed by atoms with Crippen molar-refractivity contribution in [3.8, 4) is 0 Å². The molecule has 23 heavy (non-hydrogen) atoms. The van der Waals surface area contributed by atoms with Gasteiger partial charge in [-0.15, -0.1) is 0 Å². The van der Waals surface area contributed by atoms with Gasteiger partial charge >= 0.3 is 6.03 Å². The second-order valence-corrected chi connectivity index (χ2v) is 5.32. The molecule has 2 aromatic rings. The van der Waals surface area contributed by atoms with Crippen LogP contribution in [-0.2, 0) is 6.42 Å². The molecule has 0 aliphatic rings. The van der Waals surface area contributed by atoms with Gasteiger partial charge < -0.3 is 16.4 Å². The molecule has 2 aromatic carbocycles. The summed E-state index contributed by atoms with van der Waals surface area (Å²) in [7, 11) is 0. The molecule has 0 atom stereocenters. The Hall–Kier alpha value is -2.82. The Morgan fingerprint density at radius 3 is 2.39 bits per heavy atom. The number of aryl methyl sites for hydroxylation is 1. The van der Waals surface area contributed by atoms with E-state index in [-0.39, 0.29) is 5.91 Å². The highest BCUT2D eigenvalue weighted by Crippen LogP contribution is 2.15. The van der Waals surface area contributed by atoms with Crippen molar-refractivity contribution in [1.82, 2.24) is 0 Å². The summed E-state index contributed by atoms with van der Waals surface area (Å²) in [6, 6.07) is 13.8. The molecular weight excluding hydrogens is 290 g/mol. The van der Waals surface area contributed by atoms with Crippen LogP contribution in [0.15, 0.2) is 48.5 Å². The molecule has 0 unspecified atom stereocenters. The van der Waals surface area contributed by atoms with E-state index in [4.69, 9.17) is 5.73 Å². The number of amides is 3. The third-order valence-electron chi connectivity index (χ3n) is 3.42. The van der Waals surface area contributed by atoms with Crippen molar-refractivity contribution in [2.75, 3.05) is 10.6 Å². The molecule has 0 saturated heterocycles. The van der Waals surface area contributed by atoms with E-state index in [9.17, 15) is 9.59 Å². The Morgan fingerprint density at radius 2 is 1.74 bits per heavy atom. The highest BCUT2D eigenvalue weighted by atomic mass is 16.2. The summed E-state index contributed by atoms with van der Waals surface area (Å²) in [6.45, 7) is 2.16. The summed E-state index contributed by atoms with van der Waals surface area (Å²) in [4.78, 5) is 23.1. The zero-order valence-corrected chi connectivity index (χ0v) is 13.1. The summed E-state index contributed by atoms with van der Waals surface area (Å²) in [5.74, 6) is -0.237. The van der Waals surface area contributed by atoms with Gasteiger partial charge in [0.15, 0.2) is 0 Å². The Kier molecular flexibility index (Phi) is 5.74. The molecule has 3 amide bonds. The summed E-state index contributed by atoms with van der Waals surface area (Å²) < 4.78 is 0. The summed E-state index contributed by atoms with van der Waals surface area (Å²) in [6.07, 6.45) is 3.37.